The monoisotopic (exact) mass is 479 g/mol. The Kier molecular flexibility index (Phi) is 6.58. The molecule has 1 atom stereocenters. The molecule has 1 aliphatic heterocycles. The highest BCUT2D eigenvalue weighted by atomic mass is 19.1. The lowest BCUT2D eigenvalue weighted by Gasteiger charge is -2.27. The van der Waals surface area contributed by atoms with Crippen LogP contribution in [0, 0.1) is 5.82 Å². The van der Waals surface area contributed by atoms with Gasteiger partial charge in [-0.15, -0.1) is 0 Å². The second-order valence-electron chi connectivity index (χ2n) is 8.42. The zero-order valence-electron chi connectivity index (χ0n) is 18.7. The number of hydroxylamine groups is 1. The van der Waals surface area contributed by atoms with Gasteiger partial charge in [-0.3, -0.25) is 20.5 Å². The Morgan fingerprint density at radius 2 is 2.14 bits per heavy atom. The first-order valence-corrected chi connectivity index (χ1v) is 11.3. The third kappa shape index (κ3) is 4.68. The van der Waals surface area contributed by atoms with Gasteiger partial charge in [-0.1, -0.05) is 24.3 Å². The van der Waals surface area contributed by atoms with E-state index in [4.69, 9.17) is 9.28 Å². The van der Waals surface area contributed by atoms with Crippen molar-refractivity contribution in [2.45, 2.75) is 31.7 Å². The van der Waals surface area contributed by atoms with Crippen LogP contribution in [-0.2, 0) is 17.5 Å². The molecule has 0 saturated heterocycles. The van der Waals surface area contributed by atoms with Crippen LogP contribution in [-0.4, -0.2) is 52.4 Å². The highest BCUT2D eigenvalue weighted by Crippen LogP contribution is 2.36. The number of rotatable bonds is 8. The maximum atomic E-state index is 13.5. The van der Waals surface area contributed by atoms with Crippen molar-refractivity contribution >= 4 is 30.0 Å². The lowest BCUT2D eigenvalue weighted by molar-refractivity contribution is 0.0981. The molecular weight excluding hydrogens is 456 g/mol. The van der Waals surface area contributed by atoms with Crippen molar-refractivity contribution in [1.29, 1.82) is 0 Å². The summed E-state index contributed by atoms with van der Waals surface area (Å²) < 4.78 is 23.6. The summed E-state index contributed by atoms with van der Waals surface area (Å²) in [6.45, 7) is 0.791. The molecule has 12 heteroatoms. The molecule has 0 radical (unpaired) electrons. The molecule has 1 aromatic heterocycles. The zero-order valence-corrected chi connectivity index (χ0v) is 18.7. The number of aromatic nitrogens is 2. The van der Waals surface area contributed by atoms with Gasteiger partial charge in [0.2, 0.25) is 5.82 Å². The summed E-state index contributed by atoms with van der Waals surface area (Å²) in [7, 11) is -1.09. The molecule has 4 N–H and O–H groups in total. The normalized spacial score (nSPS) is 16.8. The molecule has 3 aromatic rings. The van der Waals surface area contributed by atoms with Crippen LogP contribution in [0.3, 0.4) is 0 Å². The van der Waals surface area contributed by atoms with Gasteiger partial charge in [0.05, 0.1) is 6.04 Å². The van der Waals surface area contributed by atoms with Gasteiger partial charge in [0.25, 0.3) is 0 Å². The topological polar surface area (TPSA) is 142 Å². The van der Waals surface area contributed by atoms with Gasteiger partial charge in [-0.2, -0.15) is 0 Å². The largest absolute Gasteiger partial charge is 0.492 e. The second kappa shape index (κ2) is 9.94. The summed E-state index contributed by atoms with van der Waals surface area (Å²) in [6, 6.07) is 9.63. The molecule has 180 valence electrons. The lowest BCUT2D eigenvalue weighted by atomic mass is 9.70. The number of hydrogen-bond acceptors (Lipinski definition) is 9. The number of nitrogens with zero attached hydrogens (tertiary/aromatic N) is 3. The number of hydrogen-bond donors (Lipinski definition) is 4. The first-order chi connectivity index (χ1) is 17.0. The van der Waals surface area contributed by atoms with Crippen molar-refractivity contribution in [2.75, 3.05) is 18.5 Å². The number of nitrogens with one attached hydrogen (secondary N) is 2. The summed E-state index contributed by atoms with van der Waals surface area (Å²) in [4.78, 5) is 17.2. The number of ketones is 1. The van der Waals surface area contributed by atoms with Crippen molar-refractivity contribution in [1.82, 2.24) is 15.8 Å². The predicted octanol–water partition coefficient (Wildman–Crippen LogP) is 1.57. The van der Waals surface area contributed by atoms with Crippen molar-refractivity contribution in [2.24, 2.45) is 4.99 Å². The van der Waals surface area contributed by atoms with Gasteiger partial charge in [-0.05, 0) is 63.9 Å². The van der Waals surface area contributed by atoms with Crippen molar-refractivity contribution in [3.8, 4) is 0 Å². The summed E-state index contributed by atoms with van der Waals surface area (Å²) >= 11 is 0. The molecule has 10 nitrogen and oxygen atoms in total. The van der Waals surface area contributed by atoms with Crippen LogP contribution >= 0.6 is 0 Å². The van der Waals surface area contributed by atoms with Crippen molar-refractivity contribution in [3.63, 3.8) is 0 Å². The summed E-state index contributed by atoms with van der Waals surface area (Å²) in [5.74, 6) is -0.158. The summed E-state index contributed by atoms with van der Waals surface area (Å²) in [5, 5.41) is 30.4. The third-order valence-electron chi connectivity index (χ3n) is 6.25. The van der Waals surface area contributed by atoms with Gasteiger partial charge in [0, 0.05) is 25.1 Å². The average molecular weight is 479 g/mol. The van der Waals surface area contributed by atoms with Crippen LogP contribution in [0.5, 0.6) is 0 Å². The van der Waals surface area contributed by atoms with E-state index in [1.54, 1.807) is 12.1 Å². The molecule has 0 saturated carbocycles. The molecule has 1 aliphatic carbocycles. The SMILES string of the molecule is O=C(CCCNc1nonc1C(=NC1Cc2ccc(F)cc21)NO)c1cccc2c1B(O)OCC2. The van der Waals surface area contributed by atoms with E-state index in [-0.39, 0.29) is 41.4 Å². The molecule has 5 rings (SSSR count). The lowest BCUT2D eigenvalue weighted by Crippen LogP contribution is -2.44. The van der Waals surface area contributed by atoms with Gasteiger partial charge >= 0.3 is 7.12 Å². The quantitative estimate of drug-likeness (QED) is 0.0946. The fourth-order valence-corrected chi connectivity index (χ4v) is 4.44. The minimum Gasteiger partial charge on any atom is -0.423 e. The van der Waals surface area contributed by atoms with Crippen LogP contribution < -0.4 is 16.3 Å². The number of aliphatic imine (C=N–C) groups is 1. The molecule has 2 aromatic carbocycles. The summed E-state index contributed by atoms with van der Waals surface area (Å²) in [6.07, 6.45) is 1.97. The Bertz CT molecular complexity index is 1280. The van der Waals surface area contributed by atoms with Crippen LogP contribution in [0.1, 0.15) is 51.6 Å². The third-order valence-corrected chi connectivity index (χ3v) is 6.25. The number of benzene rings is 2. The predicted molar refractivity (Wildman–Crippen MR) is 124 cm³/mol. The molecule has 0 bridgehead atoms. The number of Topliss-reactive ketones (excluding diaryl/α,β-unsaturated/α-hetero) is 1. The molecule has 1 unspecified atom stereocenters. The van der Waals surface area contributed by atoms with E-state index < -0.39 is 7.12 Å². The summed E-state index contributed by atoms with van der Waals surface area (Å²) in [5.41, 5.74) is 5.87. The van der Waals surface area contributed by atoms with E-state index in [0.717, 1.165) is 16.7 Å². The molecule has 0 fully saturated rings. The number of carbonyl (C=O) groups excluding carboxylic acids is 1. The first kappa shape index (κ1) is 23.2. The molecule has 35 heavy (non-hydrogen) atoms. The highest BCUT2D eigenvalue weighted by molar-refractivity contribution is 6.62. The van der Waals surface area contributed by atoms with Crippen LogP contribution in [0.25, 0.3) is 0 Å². The minimum absolute atomic E-state index is 0.0367. The molecule has 0 amide bonds. The van der Waals surface area contributed by atoms with E-state index in [1.165, 1.54) is 12.1 Å². The van der Waals surface area contributed by atoms with Crippen molar-refractivity contribution < 1.29 is 28.7 Å². The maximum Gasteiger partial charge on any atom is 0.492 e. The van der Waals surface area contributed by atoms with E-state index in [0.29, 0.717) is 43.4 Å². The Morgan fingerprint density at radius 3 is 3.00 bits per heavy atom. The van der Waals surface area contributed by atoms with Gasteiger partial charge in [0.15, 0.2) is 17.3 Å². The van der Waals surface area contributed by atoms with E-state index in [2.05, 4.69) is 20.6 Å². The number of halogens is 1. The highest BCUT2D eigenvalue weighted by Gasteiger charge is 2.30. The number of amidine groups is 1. The molecular formula is C23H23BFN5O5. The average Bonchev–Trinajstić information content (AvgIpc) is 3.32. The van der Waals surface area contributed by atoms with Gasteiger partial charge in [0.1, 0.15) is 5.82 Å². The smallest absolute Gasteiger partial charge is 0.423 e. The van der Waals surface area contributed by atoms with Gasteiger partial charge in [-0.25, -0.2) is 9.02 Å². The molecule has 0 spiro atoms. The van der Waals surface area contributed by atoms with Crippen molar-refractivity contribution in [3.05, 3.63) is 70.2 Å². The maximum absolute atomic E-state index is 13.5. The second-order valence-corrected chi connectivity index (χ2v) is 8.42. The number of anilines is 1. The zero-order chi connectivity index (χ0) is 24.4. The van der Waals surface area contributed by atoms with E-state index in [1.807, 2.05) is 17.6 Å². The van der Waals surface area contributed by atoms with Crippen LogP contribution in [0.15, 0.2) is 46.0 Å². The Balaban J connectivity index is 1.20. The Labute approximate surface area is 200 Å². The van der Waals surface area contributed by atoms with Gasteiger partial charge < -0.3 is 15.0 Å². The van der Waals surface area contributed by atoms with E-state index in [9.17, 15) is 19.4 Å². The Hall–Kier alpha value is -3.61. The van der Waals surface area contributed by atoms with Crippen LogP contribution in [0.4, 0.5) is 10.2 Å². The fourth-order valence-electron chi connectivity index (χ4n) is 4.44. The molecule has 2 aliphatic rings. The minimum atomic E-state index is -1.09. The van der Waals surface area contributed by atoms with E-state index >= 15 is 0 Å². The molecule has 2 heterocycles. The number of fused-ring (bicyclic) bond motifs is 2. The fraction of sp³-hybridized carbons (Fsp3) is 0.304. The standard InChI is InChI=1S/C23H23BFN5O5/c25-15-7-6-14-11-18(17(14)12-15)27-23(28-33)21-22(30-35-29-21)26-9-2-5-19(31)16-4-1-3-13-8-10-34-24(32)20(13)16/h1,3-4,6-7,12,18,32-33H,2,5,8-11H2,(H,26,30)(H,27,28). The number of carbonyl (C=O) groups is 1. The Morgan fingerprint density at radius 1 is 1.26 bits per heavy atom. The van der Waals surface area contributed by atoms with Crippen LogP contribution in [0.2, 0.25) is 0 Å². The first-order valence-electron chi connectivity index (χ1n) is 11.3.